The fourth-order valence-corrected chi connectivity index (χ4v) is 3.38. The van der Waals surface area contributed by atoms with Crippen molar-refractivity contribution in [3.63, 3.8) is 0 Å². The molecular weight excluding hydrogens is 384 g/mol. The molecule has 8 heteroatoms. The first-order valence-electron chi connectivity index (χ1n) is 9.43. The lowest BCUT2D eigenvalue weighted by atomic mass is 10.1. The summed E-state index contributed by atoms with van der Waals surface area (Å²) in [5.74, 6) is 1.02. The molecule has 8 nitrogen and oxygen atoms in total. The van der Waals surface area contributed by atoms with E-state index in [1.54, 1.807) is 12.1 Å². The minimum Gasteiger partial charge on any atom is -0.489 e. The van der Waals surface area contributed by atoms with Crippen molar-refractivity contribution < 1.29 is 14.2 Å². The number of nitrogens with zero attached hydrogens (tertiary/aromatic N) is 3. The molecule has 2 N–H and O–H groups in total. The minimum atomic E-state index is -0.390. The van der Waals surface area contributed by atoms with Crippen molar-refractivity contribution in [2.24, 2.45) is 0 Å². The summed E-state index contributed by atoms with van der Waals surface area (Å²) in [5, 5.41) is 10.00. The normalized spacial score (nSPS) is 11.0. The van der Waals surface area contributed by atoms with Crippen LogP contribution in [-0.2, 0) is 4.74 Å². The van der Waals surface area contributed by atoms with E-state index in [0.29, 0.717) is 22.7 Å². The predicted molar refractivity (Wildman–Crippen MR) is 114 cm³/mol. The van der Waals surface area contributed by atoms with Gasteiger partial charge in [-0.05, 0) is 45.4 Å². The Morgan fingerprint density at radius 2 is 2.03 bits per heavy atom. The number of anilines is 1. The topological polar surface area (TPSA) is 112 Å². The molecule has 0 amide bonds. The van der Waals surface area contributed by atoms with Crippen LogP contribution in [0.25, 0.3) is 16.6 Å². The molecule has 0 unspecified atom stereocenters. The second-order valence-electron chi connectivity index (χ2n) is 7.15. The molecule has 0 aliphatic rings. The van der Waals surface area contributed by atoms with Crippen molar-refractivity contribution in [2.75, 3.05) is 19.6 Å². The van der Waals surface area contributed by atoms with Gasteiger partial charge in [0, 0.05) is 12.7 Å². The molecule has 3 rings (SSSR count). The Balaban J connectivity index is 2.37. The van der Waals surface area contributed by atoms with E-state index in [4.69, 9.17) is 19.9 Å². The van der Waals surface area contributed by atoms with E-state index >= 15 is 0 Å². The van der Waals surface area contributed by atoms with Crippen molar-refractivity contribution in [3.8, 4) is 23.3 Å². The van der Waals surface area contributed by atoms with Gasteiger partial charge >= 0.3 is 0 Å². The van der Waals surface area contributed by atoms with Crippen LogP contribution in [0, 0.1) is 25.2 Å². The summed E-state index contributed by atoms with van der Waals surface area (Å²) in [7, 11) is 1.53. The number of rotatable bonds is 6. The Morgan fingerprint density at radius 1 is 1.30 bits per heavy atom. The number of pyridine rings is 2. The smallest absolute Gasteiger partial charge is 0.266 e. The number of ether oxygens (including phenoxy) is 3. The maximum absolute atomic E-state index is 13.5. The van der Waals surface area contributed by atoms with E-state index in [9.17, 15) is 10.1 Å². The second-order valence-corrected chi connectivity index (χ2v) is 7.15. The Kier molecular flexibility index (Phi) is 5.94. The molecule has 2 heterocycles. The molecule has 0 aliphatic heterocycles. The van der Waals surface area contributed by atoms with E-state index in [1.807, 2.05) is 33.8 Å². The quantitative estimate of drug-likeness (QED) is 0.623. The minimum absolute atomic E-state index is 0.0233. The predicted octanol–water partition coefficient (Wildman–Crippen LogP) is 3.23. The number of benzene rings is 1. The fourth-order valence-electron chi connectivity index (χ4n) is 3.38. The van der Waals surface area contributed by atoms with Gasteiger partial charge in [0.2, 0.25) is 0 Å². The molecule has 0 atom stereocenters. The summed E-state index contributed by atoms with van der Waals surface area (Å²) in [6.45, 7) is 7.51. The van der Waals surface area contributed by atoms with Gasteiger partial charge in [-0.3, -0.25) is 14.3 Å². The molecule has 0 saturated heterocycles. The summed E-state index contributed by atoms with van der Waals surface area (Å²) in [4.78, 5) is 17.8. The number of fused-ring (bicyclic) bond motifs is 1. The molecule has 2 aromatic heterocycles. The number of nitrogens with two attached hydrogens (primary N) is 1. The fraction of sp³-hybridized carbons (Fsp3) is 0.318. The number of nitriles is 1. The molecular formula is C22H24N4O4. The first-order valence-corrected chi connectivity index (χ1v) is 9.43. The molecule has 0 fully saturated rings. The van der Waals surface area contributed by atoms with Gasteiger partial charge in [-0.15, -0.1) is 0 Å². The highest BCUT2D eigenvalue weighted by Gasteiger charge is 2.21. The molecule has 0 aliphatic carbocycles. The molecule has 0 radical (unpaired) electrons. The zero-order valence-electron chi connectivity index (χ0n) is 17.6. The molecule has 1 aromatic carbocycles. The monoisotopic (exact) mass is 408 g/mol. The maximum atomic E-state index is 13.5. The lowest BCUT2D eigenvalue weighted by Crippen LogP contribution is -2.25. The largest absolute Gasteiger partial charge is 0.489 e. The SMILES string of the molecule is COCOc1ccc(C)c(-n2c(N)c(C#N)c3ncc(OC(C)C)cc3c2=O)c1C. The van der Waals surface area contributed by atoms with Crippen LogP contribution in [0.3, 0.4) is 0 Å². The molecule has 0 saturated carbocycles. The van der Waals surface area contributed by atoms with Gasteiger partial charge in [-0.1, -0.05) is 6.07 Å². The third kappa shape index (κ3) is 3.67. The van der Waals surface area contributed by atoms with Crippen molar-refractivity contribution in [1.29, 1.82) is 5.26 Å². The van der Waals surface area contributed by atoms with Gasteiger partial charge in [0.15, 0.2) is 6.79 Å². The molecule has 30 heavy (non-hydrogen) atoms. The molecule has 156 valence electrons. The third-order valence-electron chi connectivity index (χ3n) is 4.65. The average Bonchev–Trinajstić information content (AvgIpc) is 2.70. The first-order chi connectivity index (χ1) is 14.3. The molecule has 0 spiro atoms. The Hall–Kier alpha value is -3.57. The van der Waals surface area contributed by atoms with Gasteiger partial charge < -0.3 is 19.9 Å². The van der Waals surface area contributed by atoms with E-state index in [0.717, 1.165) is 5.56 Å². The summed E-state index contributed by atoms with van der Waals surface area (Å²) >= 11 is 0. The molecule has 3 aromatic rings. The Morgan fingerprint density at radius 3 is 2.67 bits per heavy atom. The van der Waals surface area contributed by atoms with Crippen molar-refractivity contribution in [1.82, 2.24) is 9.55 Å². The van der Waals surface area contributed by atoms with E-state index in [1.165, 1.54) is 17.9 Å². The lowest BCUT2D eigenvalue weighted by Gasteiger charge is -2.20. The van der Waals surface area contributed by atoms with E-state index in [2.05, 4.69) is 11.1 Å². The van der Waals surface area contributed by atoms with Gasteiger partial charge in [0.25, 0.3) is 5.56 Å². The summed E-state index contributed by atoms with van der Waals surface area (Å²) < 4.78 is 17.6. The van der Waals surface area contributed by atoms with Crippen LogP contribution in [0.5, 0.6) is 11.5 Å². The summed E-state index contributed by atoms with van der Waals surface area (Å²) in [6, 6.07) is 7.31. The van der Waals surface area contributed by atoms with Crippen LogP contribution < -0.4 is 20.8 Å². The number of methoxy groups -OCH3 is 1. The van der Waals surface area contributed by atoms with Gasteiger partial charge in [-0.25, -0.2) is 0 Å². The van der Waals surface area contributed by atoms with Crippen molar-refractivity contribution in [3.05, 3.63) is 51.4 Å². The average molecular weight is 408 g/mol. The number of nitrogen functional groups attached to an aromatic ring is 1. The highest BCUT2D eigenvalue weighted by Crippen LogP contribution is 2.31. The Labute approximate surface area is 174 Å². The maximum Gasteiger partial charge on any atom is 0.266 e. The first kappa shape index (κ1) is 21.1. The van der Waals surface area contributed by atoms with Crippen molar-refractivity contribution >= 4 is 16.7 Å². The zero-order chi connectivity index (χ0) is 22.0. The number of hydrogen-bond donors (Lipinski definition) is 1. The lowest BCUT2D eigenvalue weighted by molar-refractivity contribution is 0.0506. The van der Waals surface area contributed by atoms with Crippen LogP contribution in [0.4, 0.5) is 5.82 Å². The molecule has 0 bridgehead atoms. The second kappa shape index (κ2) is 8.43. The van der Waals surface area contributed by atoms with E-state index < -0.39 is 5.56 Å². The van der Waals surface area contributed by atoms with Crippen LogP contribution in [0.2, 0.25) is 0 Å². The van der Waals surface area contributed by atoms with Crippen molar-refractivity contribution in [2.45, 2.75) is 33.8 Å². The summed E-state index contributed by atoms with van der Waals surface area (Å²) in [5.41, 5.74) is 8.34. The highest BCUT2D eigenvalue weighted by molar-refractivity contribution is 5.88. The van der Waals surface area contributed by atoms with Crippen LogP contribution >= 0.6 is 0 Å². The van der Waals surface area contributed by atoms with Gasteiger partial charge in [-0.2, -0.15) is 5.26 Å². The third-order valence-corrected chi connectivity index (χ3v) is 4.65. The van der Waals surface area contributed by atoms with Crippen LogP contribution in [-0.4, -0.2) is 29.6 Å². The highest BCUT2D eigenvalue weighted by atomic mass is 16.7. The van der Waals surface area contributed by atoms with E-state index in [-0.39, 0.29) is 35.2 Å². The van der Waals surface area contributed by atoms with Crippen LogP contribution in [0.15, 0.2) is 29.2 Å². The number of hydrogen-bond acceptors (Lipinski definition) is 7. The zero-order valence-corrected chi connectivity index (χ0v) is 17.6. The van der Waals surface area contributed by atoms with Gasteiger partial charge in [0.05, 0.1) is 28.9 Å². The number of aryl methyl sites for hydroxylation is 1. The standard InChI is InChI=1S/C22H24N4O4/c1-12(2)30-15-8-16-19(25-10-15)17(9-23)21(24)26(22(16)27)20-13(3)6-7-18(14(20)4)29-11-28-5/h6-8,10,12H,11,24H2,1-5H3. The van der Waals surface area contributed by atoms with Gasteiger partial charge in [0.1, 0.15) is 28.9 Å². The Bertz CT molecular complexity index is 1210. The summed E-state index contributed by atoms with van der Waals surface area (Å²) in [6.07, 6.45) is 1.40. The number of aromatic nitrogens is 2. The van der Waals surface area contributed by atoms with Crippen LogP contribution in [0.1, 0.15) is 30.5 Å².